The largest absolute Gasteiger partial charge is 0.496 e. The van der Waals surface area contributed by atoms with Crippen LogP contribution in [0.25, 0.3) is 10.8 Å². The monoisotopic (exact) mass is 269 g/mol. The SMILES string of the molecule is COc1ccc2ccccc2c1CNCc1nn[nH]n1. The van der Waals surface area contributed by atoms with E-state index >= 15 is 0 Å². The number of nitrogens with zero attached hydrogens (tertiary/aromatic N) is 3. The summed E-state index contributed by atoms with van der Waals surface area (Å²) < 4.78 is 5.45. The van der Waals surface area contributed by atoms with Crippen LogP contribution < -0.4 is 10.1 Å². The molecule has 102 valence electrons. The Morgan fingerprint density at radius 1 is 1.15 bits per heavy atom. The molecule has 0 radical (unpaired) electrons. The zero-order chi connectivity index (χ0) is 13.8. The second-order valence-electron chi connectivity index (χ2n) is 4.40. The smallest absolute Gasteiger partial charge is 0.188 e. The highest BCUT2D eigenvalue weighted by Gasteiger charge is 2.08. The Morgan fingerprint density at radius 2 is 2.05 bits per heavy atom. The molecule has 0 unspecified atom stereocenters. The molecule has 3 aromatic rings. The summed E-state index contributed by atoms with van der Waals surface area (Å²) in [6, 6.07) is 12.3. The predicted octanol–water partition coefficient (Wildman–Crippen LogP) is 1.65. The lowest BCUT2D eigenvalue weighted by Crippen LogP contribution is -2.14. The molecule has 0 fully saturated rings. The Labute approximate surface area is 116 Å². The molecule has 1 aromatic heterocycles. The summed E-state index contributed by atoms with van der Waals surface area (Å²) in [7, 11) is 1.69. The number of methoxy groups -OCH3 is 1. The summed E-state index contributed by atoms with van der Waals surface area (Å²) in [5.74, 6) is 1.52. The van der Waals surface area contributed by atoms with Crippen molar-refractivity contribution in [3.63, 3.8) is 0 Å². The lowest BCUT2D eigenvalue weighted by atomic mass is 10.0. The number of rotatable bonds is 5. The molecule has 6 nitrogen and oxygen atoms in total. The van der Waals surface area contributed by atoms with E-state index in [1.807, 2.05) is 18.2 Å². The second-order valence-corrected chi connectivity index (χ2v) is 4.40. The zero-order valence-corrected chi connectivity index (χ0v) is 11.1. The maximum absolute atomic E-state index is 5.45. The van der Waals surface area contributed by atoms with Crippen LogP contribution in [-0.2, 0) is 13.1 Å². The van der Waals surface area contributed by atoms with Gasteiger partial charge in [0, 0.05) is 12.1 Å². The van der Waals surface area contributed by atoms with Crippen molar-refractivity contribution in [1.82, 2.24) is 25.9 Å². The molecular formula is C14H15N5O. The van der Waals surface area contributed by atoms with Crippen molar-refractivity contribution in [2.24, 2.45) is 0 Å². The van der Waals surface area contributed by atoms with E-state index in [2.05, 4.69) is 44.1 Å². The topological polar surface area (TPSA) is 75.7 Å². The van der Waals surface area contributed by atoms with Crippen molar-refractivity contribution < 1.29 is 4.74 Å². The Hall–Kier alpha value is -2.47. The Morgan fingerprint density at radius 3 is 2.85 bits per heavy atom. The number of benzene rings is 2. The number of fused-ring (bicyclic) bond motifs is 1. The average Bonchev–Trinajstić information content (AvgIpc) is 3.00. The number of H-pyrrole nitrogens is 1. The van der Waals surface area contributed by atoms with E-state index in [1.54, 1.807) is 7.11 Å². The Balaban J connectivity index is 1.85. The van der Waals surface area contributed by atoms with Crippen LogP contribution in [0.5, 0.6) is 5.75 Å². The van der Waals surface area contributed by atoms with E-state index in [9.17, 15) is 0 Å². The van der Waals surface area contributed by atoms with Crippen molar-refractivity contribution in [3.05, 3.63) is 47.8 Å². The number of hydrogen-bond acceptors (Lipinski definition) is 5. The van der Waals surface area contributed by atoms with E-state index in [0.717, 1.165) is 11.3 Å². The zero-order valence-electron chi connectivity index (χ0n) is 11.1. The van der Waals surface area contributed by atoms with Gasteiger partial charge in [-0.25, -0.2) is 0 Å². The molecule has 0 atom stereocenters. The third-order valence-electron chi connectivity index (χ3n) is 3.19. The molecule has 2 N–H and O–H groups in total. The molecule has 0 aliphatic rings. The first-order chi connectivity index (χ1) is 9.88. The fraction of sp³-hybridized carbons (Fsp3) is 0.214. The maximum atomic E-state index is 5.45. The number of hydrogen-bond donors (Lipinski definition) is 2. The van der Waals surface area contributed by atoms with Crippen molar-refractivity contribution in [3.8, 4) is 5.75 Å². The normalized spacial score (nSPS) is 10.8. The maximum Gasteiger partial charge on any atom is 0.188 e. The quantitative estimate of drug-likeness (QED) is 0.736. The van der Waals surface area contributed by atoms with Gasteiger partial charge in [-0.3, -0.25) is 0 Å². The number of aromatic nitrogens is 4. The van der Waals surface area contributed by atoms with E-state index in [0.29, 0.717) is 18.9 Å². The highest BCUT2D eigenvalue weighted by molar-refractivity contribution is 5.87. The van der Waals surface area contributed by atoms with Crippen LogP contribution in [0.15, 0.2) is 36.4 Å². The lowest BCUT2D eigenvalue weighted by Gasteiger charge is -2.12. The number of nitrogens with one attached hydrogen (secondary N) is 2. The van der Waals surface area contributed by atoms with Gasteiger partial charge in [0.15, 0.2) is 5.82 Å². The van der Waals surface area contributed by atoms with Crippen LogP contribution in [0.4, 0.5) is 0 Å². The summed E-state index contributed by atoms with van der Waals surface area (Å²) >= 11 is 0. The molecule has 0 saturated heterocycles. The third kappa shape index (κ3) is 2.46. The lowest BCUT2D eigenvalue weighted by molar-refractivity contribution is 0.408. The van der Waals surface area contributed by atoms with E-state index in [-0.39, 0.29) is 0 Å². The average molecular weight is 269 g/mol. The first-order valence-corrected chi connectivity index (χ1v) is 6.36. The Bertz CT molecular complexity index is 696. The van der Waals surface area contributed by atoms with Gasteiger partial charge in [-0.1, -0.05) is 35.5 Å². The highest BCUT2D eigenvalue weighted by Crippen LogP contribution is 2.27. The van der Waals surface area contributed by atoms with Gasteiger partial charge in [0.2, 0.25) is 0 Å². The molecule has 6 heteroatoms. The fourth-order valence-corrected chi connectivity index (χ4v) is 2.25. The molecule has 0 aliphatic carbocycles. The molecule has 0 aliphatic heterocycles. The van der Waals surface area contributed by atoms with Crippen LogP contribution in [0.2, 0.25) is 0 Å². The van der Waals surface area contributed by atoms with Gasteiger partial charge in [-0.2, -0.15) is 5.21 Å². The van der Waals surface area contributed by atoms with Crippen molar-refractivity contribution in [2.75, 3.05) is 7.11 Å². The van der Waals surface area contributed by atoms with Crippen molar-refractivity contribution in [2.45, 2.75) is 13.1 Å². The minimum absolute atomic E-state index is 0.558. The van der Waals surface area contributed by atoms with Crippen LogP contribution in [0.3, 0.4) is 0 Å². The van der Waals surface area contributed by atoms with Crippen LogP contribution in [-0.4, -0.2) is 27.7 Å². The van der Waals surface area contributed by atoms with Gasteiger partial charge < -0.3 is 10.1 Å². The minimum Gasteiger partial charge on any atom is -0.496 e. The molecule has 0 bridgehead atoms. The summed E-state index contributed by atoms with van der Waals surface area (Å²) in [5.41, 5.74) is 1.13. The predicted molar refractivity (Wildman–Crippen MR) is 75.2 cm³/mol. The van der Waals surface area contributed by atoms with E-state index in [1.165, 1.54) is 10.8 Å². The van der Waals surface area contributed by atoms with E-state index < -0.39 is 0 Å². The number of aromatic amines is 1. The van der Waals surface area contributed by atoms with Gasteiger partial charge in [-0.15, -0.1) is 10.2 Å². The number of tetrazole rings is 1. The van der Waals surface area contributed by atoms with Crippen molar-refractivity contribution in [1.29, 1.82) is 0 Å². The first-order valence-electron chi connectivity index (χ1n) is 6.36. The summed E-state index contributed by atoms with van der Waals surface area (Å²) in [6.07, 6.45) is 0. The summed E-state index contributed by atoms with van der Waals surface area (Å²) in [5, 5.41) is 19.5. The molecule has 0 spiro atoms. The Kier molecular flexibility index (Phi) is 3.56. The number of ether oxygens (including phenoxy) is 1. The first kappa shape index (κ1) is 12.6. The van der Waals surface area contributed by atoms with Gasteiger partial charge in [0.05, 0.1) is 13.7 Å². The highest BCUT2D eigenvalue weighted by atomic mass is 16.5. The molecular weight excluding hydrogens is 254 g/mol. The van der Waals surface area contributed by atoms with Crippen LogP contribution in [0, 0.1) is 0 Å². The molecule has 20 heavy (non-hydrogen) atoms. The molecule has 1 heterocycles. The van der Waals surface area contributed by atoms with Crippen molar-refractivity contribution >= 4 is 10.8 Å². The third-order valence-corrected chi connectivity index (χ3v) is 3.19. The molecule has 0 saturated carbocycles. The summed E-state index contributed by atoms with van der Waals surface area (Å²) in [6.45, 7) is 1.24. The minimum atomic E-state index is 0.558. The van der Waals surface area contributed by atoms with Gasteiger partial charge in [0.1, 0.15) is 5.75 Å². The van der Waals surface area contributed by atoms with E-state index in [4.69, 9.17) is 4.74 Å². The van der Waals surface area contributed by atoms with Gasteiger partial charge in [0.25, 0.3) is 0 Å². The van der Waals surface area contributed by atoms with Crippen LogP contribution >= 0.6 is 0 Å². The van der Waals surface area contributed by atoms with Crippen LogP contribution in [0.1, 0.15) is 11.4 Å². The molecule has 0 amide bonds. The van der Waals surface area contributed by atoms with Gasteiger partial charge in [-0.05, 0) is 16.8 Å². The molecule has 3 rings (SSSR count). The standard InChI is InChI=1S/C14H15N5O/c1-20-13-7-6-10-4-2-3-5-11(10)12(13)8-15-9-14-16-18-19-17-14/h2-7,15H,8-9H2,1H3,(H,16,17,18,19). The molecule has 2 aromatic carbocycles. The van der Waals surface area contributed by atoms with Gasteiger partial charge >= 0.3 is 0 Å². The fourth-order valence-electron chi connectivity index (χ4n) is 2.25. The summed E-state index contributed by atoms with van der Waals surface area (Å²) in [4.78, 5) is 0. The second kappa shape index (κ2) is 5.66.